The summed E-state index contributed by atoms with van der Waals surface area (Å²) in [6.07, 6.45) is 0. The highest BCUT2D eigenvalue weighted by Gasteiger charge is 2.21. The maximum absolute atomic E-state index is 13.4. The molecule has 1 rings (SSSR count). The number of rotatable bonds is 3. The Balaban J connectivity index is 3.08. The maximum Gasteiger partial charge on any atom is 0.165 e. The minimum absolute atomic E-state index is 0.112. The molecule has 5 heteroatoms. The molecule has 4 N–H and O–H groups in total. The first-order valence-corrected chi connectivity index (χ1v) is 5.55. The number of aryl methyl sites for hydroxylation is 1. The van der Waals surface area contributed by atoms with E-state index in [2.05, 4.69) is 10.3 Å². The van der Waals surface area contributed by atoms with E-state index in [1.807, 2.05) is 20.8 Å². The highest BCUT2D eigenvalue weighted by atomic mass is 19.1. The summed E-state index contributed by atoms with van der Waals surface area (Å²) in [7, 11) is 0. The molecule has 1 aromatic heterocycles. The Morgan fingerprint density at radius 2 is 2.12 bits per heavy atom. The van der Waals surface area contributed by atoms with Gasteiger partial charge in [-0.25, -0.2) is 9.37 Å². The summed E-state index contributed by atoms with van der Waals surface area (Å²) < 4.78 is 13.4. The van der Waals surface area contributed by atoms with Crippen molar-refractivity contribution in [3.8, 4) is 0 Å². The molecule has 0 radical (unpaired) electrons. The molecule has 0 saturated heterocycles. The van der Waals surface area contributed by atoms with Gasteiger partial charge in [-0.05, 0) is 39.3 Å². The van der Waals surface area contributed by atoms with Crippen LogP contribution < -0.4 is 11.1 Å². The fraction of sp³-hybridized carbons (Fsp3) is 0.583. The molecule has 0 saturated carbocycles. The van der Waals surface area contributed by atoms with Crippen LogP contribution in [0.1, 0.15) is 38.1 Å². The number of halogens is 1. The van der Waals surface area contributed by atoms with Crippen molar-refractivity contribution in [1.82, 2.24) is 10.3 Å². The third-order valence-electron chi connectivity index (χ3n) is 2.40. The van der Waals surface area contributed by atoms with Crippen LogP contribution in [0.15, 0.2) is 6.07 Å². The van der Waals surface area contributed by atoms with E-state index in [4.69, 9.17) is 5.73 Å². The van der Waals surface area contributed by atoms with Gasteiger partial charge in [0.25, 0.3) is 0 Å². The summed E-state index contributed by atoms with van der Waals surface area (Å²) in [5, 5.41) is 12.6. The van der Waals surface area contributed by atoms with Crippen LogP contribution in [0.5, 0.6) is 0 Å². The number of nitrogens with two attached hydrogens (primary N) is 1. The average molecular weight is 241 g/mol. The van der Waals surface area contributed by atoms with E-state index in [1.54, 1.807) is 6.92 Å². The molecule has 0 bridgehead atoms. The third kappa shape index (κ3) is 3.64. The van der Waals surface area contributed by atoms with Crippen LogP contribution >= 0.6 is 0 Å². The Kier molecular flexibility index (Phi) is 4.06. The number of anilines is 1. The lowest BCUT2D eigenvalue weighted by Gasteiger charge is -2.28. The molecule has 0 aliphatic carbocycles. The van der Waals surface area contributed by atoms with Crippen molar-refractivity contribution in [2.75, 3.05) is 12.3 Å². The molecule has 0 aliphatic rings. The van der Waals surface area contributed by atoms with Crippen molar-refractivity contribution in [3.63, 3.8) is 0 Å². The normalized spacial score (nSPS) is 13.8. The summed E-state index contributed by atoms with van der Waals surface area (Å²) in [6, 6.07) is 0.981. The lowest BCUT2D eigenvalue weighted by atomic mass is 10.0. The van der Waals surface area contributed by atoms with E-state index in [1.165, 1.54) is 6.07 Å². The second-order valence-corrected chi connectivity index (χ2v) is 5.16. The van der Waals surface area contributed by atoms with Crippen LogP contribution in [0, 0.1) is 12.7 Å². The maximum atomic E-state index is 13.4. The molecule has 1 aromatic rings. The molecule has 0 fully saturated rings. The number of hydrogen-bond acceptors (Lipinski definition) is 4. The molecule has 17 heavy (non-hydrogen) atoms. The van der Waals surface area contributed by atoms with E-state index in [-0.39, 0.29) is 24.0 Å². The van der Waals surface area contributed by atoms with Crippen LogP contribution in [0.25, 0.3) is 0 Å². The van der Waals surface area contributed by atoms with E-state index in [0.29, 0.717) is 11.3 Å². The molecule has 0 aromatic carbocycles. The fourth-order valence-corrected chi connectivity index (χ4v) is 1.71. The molecule has 4 nitrogen and oxygen atoms in total. The second kappa shape index (κ2) is 4.98. The van der Waals surface area contributed by atoms with Crippen LogP contribution in [-0.2, 0) is 0 Å². The van der Waals surface area contributed by atoms with Crippen LogP contribution in [0.3, 0.4) is 0 Å². The van der Waals surface area contributed by atoms with Crippen molar-refractivity contribution in [2.24, 2.45) is 0 Å². The summed E-state index contributed by atoms with van der Waals surface area (Å²) in [5.41, 5.74) is 6.46. The first-order chi connectivity index (χ1) is 7.74. The van der Waals surface area contributed by atoms with Gasteiger partial charge in [0.2, 0.25) is 0 Å². The SMILES string of the molecule is Cc1nc(N)c(F)cc1[C@H](CO)NC(C)(C)C. The zero-order valence-electron chi connectivity index (χ0n) is 10.7. The molecular formula is C12H20FN3O. The van der Waals surface area contributed by atoms with Gasteiger partial charge < -0.3 is 16.2 Å². The summed E-state index contributed by atoms with van der Waals surface area (Å²) in [4.78, 5) is 3.92. The number of nitrogen functional groups attached to an aromatic ring is 1. The minimum Gasteiger partial charge on any atom is -0.394 e. The van der Waals surface area contributed by atoms with Crippen molar-refractivity contribution >= 4 is 5.82 Å². The number of aliphatic hydroxyl groups excluding tert-OH is 1. The summed E-state index contributed by atoms with van der Waals surface area (Å²) >= 11 is 0. The lowest BCUT2D eigenvalue weighted by molar-refractivity contribution is 0.216. The third-order valence-corrected chi connectivity index (χ3v) is 2.40. The topological polar surface area (TPSA) is 71.2 Å². The molecule has 1 atom stereocenters. The largest absolute Gasteiger partial charge is 0.394 e. The lowest BCUT2D eigenvalue weighted by Crippen LogP contribution is -2.40. The predicted octanol–water partition coefficient (Wildman–Crippen LogP) is 1.53. The number of aromatic nitrogens is 1. The number of aliphatic hydroxyl groups is 1. The van der Waals surface area contributed by atoms with Gasteiger partial charge in [-0.3, -0.25) is 0 Å². The number of hydrogen-bond donors (Lipinski definition) is 3. The fourth-order valence-electron chi connectivity index (χ4n) is 1.71. The van der Waals surface area contributed by atoms with Gasteiger partial charge >= 0.3 is 0 Å². The van der Waals surface area contributed by atoms with Gasteiger partial charge in [0.15, 0.2) is 11.6 Å². The number of nitrogens with zero attached hydrogens (tertiary/aromatic N) is 1. The molecular weight excluding hydrogens is 221 g/mol. The zero-order chi connectivity index (χ0) is 13.2. The Morgan fingerprint density at radius 3 is 2.59 bits per heavy atom. The highest BCUT2D eigenvalue weighted by Crippen LogP contribution is 2.22. The van der Waals surface area contributed by atoms with Crippen LogP contribution in [0.2, 0.25) is 0 Å². The Morgan fingerprint density at radius 1 is 1.53 bits per heavy atom. The van der Waals surface area contributed by atoms with Crippen molar-refractivity contribution in [3.05, 3.63) is 23.1 Å². The first-order valence-electron chi connectivity index (χ1n) is 5.55. The van der Waals surface area contributed by atoms with Crippen molar-refractivity contribution < 1.29 is 9.50 Å². The van der Waals surface area contributed by atoms with Gasteiger partial charge in [-0.15, -0.1) is 0 Å². The minimum atomic E-state index is -0.556. The smallest absolute Gasteiger partial charge is 0.165 e. The quantitative estimate of drug-likeness (QED) is 0.750. The number of pyridine rings is 1. The average Bonchev–Trinajstić information content (AvgIpc) is 2.19. The van der Waals surface area contributed by atoms with E-state index in [9.17, 15) is 9.50 Å². The molecule has 96 valence electrons. The van der Waals surface area contributed by atoms with Crippen molar-refractivity contribution in [2.45, 2.75) is 39.3 Å². The number of nitrogens with one attached hydrogen (secondary N) is 1. The summed E-state index contributed by atoms with van der Waals surface area (Å²) in [6.45, 7) is 7.56. The predicted molar refractivity (Wildman–Crippen MR) is 66.1 cm³/mol. The zero-order valence-corrected chi connectivity index (χ0v) is 10.7. The van der Waals surface area contributed by atoms with E-state index in [0.717, 1.165) is 0 Å². The van der Waals surface area contributed by atoms with Crippen LogP contribution in [-0.4, -0.2) is 22.2 Å². The standard InChI is InChI=1S/C12H20FN3O/c1-7-8(5-9(13)11(14)15-7)10(6-17)16-12(2,3)4/h5,10,16-17H,6H2,1-4H3,(H2,14,15)/t10-/m0/s1. The van der Waals surface area contributed by atoms with Gasteiger partial charge in [0.05, 0.1) is 12.6 Å². The first kappa shape index (κ1) is 13.9. The Hall–Kier alpha value is -1.20. The molecule has 0 unspecified atom stereocenters. The Labute approximate surface area is 101 Å². The van der Waals surface area contributed by atoms with E-state index >= 15 is 0 Å². The van der Waals surface area contributed by atoms with Gasteiger partial charge in [-0.2, -0.15) is 0 Å². The Bertz CT molecular complexity index is 401. The molecule has 0 aliphatic heterocycles. The second-order valence-electron chi connectivity index (χ2n) is 5.16. The highest BCUT2D eigenvalue weighted by molar-refractivity contribution is 5.37. The molecule has 0 amide bonds. The molecule has 0 spiro atoms. The van der Waals surface area contributed by atoms with E-state index < -0.39 is 5.82 Å². The van der Waals surface area contributed by atoms with Gasteiger partial charge in [0, 0.05) is 11.2 Å². The van der Waals surface area contributed by atoms with Crippen molar-refractivity contribution in [1.29, 1.82) is 0 Å². The molecule has 1 heterocycles. The monoisotopic (exact) mass is 241 g/mol. The van der Waals surface area contributed by atoms with Gasteiger partial charge in [-0.1, -0.05) is 0 Å². The summed E-state index contributed by atoms with van der Waals surface area (Å²) in [5.74, 6) is -0.668. The van der Waals surface area contributed by atoms with Gasteiger partial charge in [0.1, 0.15) is 0 Å². The van der Waals surface area contributed by atoms with Crippen LogP contribution in [0.4, 0.5) is 10.2 Å².